The zero-order chi connectivity index (χ0) is 22.5. The minimum Gasteiger partial charge on any atom is -0.493 e. The zero-order valence-corrected chi connectivity index (χ0v) is 18.2. The van der Waals surface area contributed by atoms with E-state index in [9.17, 15) is 9.59 Å². The lowest BCUT2D eigenvalue weighted by Gasteiger charge is -2.35. The number of benzene rings is 2. The molecular formula is C24H26N4O4. The molecule has 8 heteroatoms. The topological polar surface area (TPSA) is 76.9 Å². The molecule has 0 aliphatic carbocycles. The number of carbonyl (C=O) groups is 2. The van der Waals surface area contributed by atoms with Gasteiger partial charge in [0.25, 0.3) is 11.8 Å². The van der Waals surface area contributed by atoms with Crippen molar-refractivity contribution >= 4 is 11.8 Å². The van der Waals surface area contributed by atoms with Gasteiger partial charge in [-0.1, -0.05) is 12.1 Å². The number of hydrogen-bond donors (Lipinski definition) is 0. The molecule has 0 radical (unpaired) electrons. The predicted octanol–water partition coefficient (Wildman–Crippen LogP) is 2.55. The highest BCUT2D eigenvalue weighted by molar-refractivity contribution is 5.96. The third kappa shape index (κ3) is 4.59. The van der Waals surface area contributed by atoms with E-state index in [2.05, 4.69) is 5.10 Å². The summed E-state index contributed by atoms with van der Waals surface area (Å²) in [5, 5.41) is 4.20. The van der Waals surface area contributed by atoms with Crippen LogP contribution in [0.25, 0.3) is 0 Å². The number of piperazine rings is 1. The molecule has 2 aromatic carbocycles. The molecule has 1 aromatic heterocycles. The average molecular weight is 434 g/mol. The summed E-state index contributed by atoms with van der Waals surface area (Å²) < 4.78 is 12.4. The van der Waals surface area contributed by atoms with Gasteiger partial charge in [-0.05, 0) is 42.0 Å². The van der Waals surface area contributed by atoms with Crippen LogP contribution in [-0.2, 0) is 6.54 Å². The van der Waals surface area contributed by atoms with Crippen molar-refractivity contribution in [3.05, 3.63) is 77.6 Å². The molecule has 8 nitrogen and oxygen atoms in total. The molecule has 0 spiro atoms. The first-order chi connectivity index (χ1) is 15.6. The van der Waals surface area contributed by atoms with Crippen LogP contribution in [0.3, 0.4) is 0 Å². The van der Waals surface area contributed by atoms with E-state index in [-0.39, 0.29) is 11.8 Å². The van der Waals surface area contributed by atoms with E-state index in [1.54, 1.807) is 48.4 Å². The number of ether oxygens (including phenoxy) is 2. The minimum absolute atomic E-state index is 0.0196. The van der Waals surface area contributed by atoms with Crippen molar-refractivity contribution in [3.63, 3.8) is 0 Å². The van der Waals surface area contributed by atoms with E-state index in [1.807, 2.05) is 41.2 Å². The second-order valence-electron chi connectivity index (χ2n) is 7.55. The number of methoxy groups -OCH3 is 2. The monoisotopic (exact) mass is 434 g/mol. The second-order valence-corrected chi connectivity index (χ2v) is 7.55. The van der Waals surface area contributed by atoms with Gasteiger partial charge in [0.05, 0.1) is 20.8 Å². The van der Waals surface area contributed by atoms with Crippen molar-refractivity contribution in [2.45, 2.75) is 6.54 Å². The van der Waals surface area contributed by atoms with Crippen molar-refractivity contribution in [1.29, 1.82) is 0 Å². The molecular weight excluding hydrogens is 408 g/mol. The molecule has 2 heterocycles. The normalized spacial score (nSPS) is 13.7. The summed E-state index contributed by atoms with van der Waals surface area (Å²) in [5.41, 5.74) is 2.26. The molecule has 1 aliphatic rings. The molecule has 0 N–H and O–H groups in total. The van der Waals surface area contributed by atoms with Gasteiger partial charge in [-0.25, -0.2) is 0 Å². The van der Waals surface area contributed by atoms with E-state index in [4.69, 9.17) is 9.47 Å². The quantitative estimate of drug-likeness (QED) is 0.596. The van der Waals surface area contributed by atoms with Crippen LogP contribution < -0.4 is 9.47 Å². The zero-order valence-electron chi connectivity index (χ0n) is 18.2. The Morgan fingerprint density at radius 3 is 2.00 bits per heavy atom. The lowest BCUT2D eigenvalue weighted by atomic mass is 10.1. The summed E-state index contributed by atoms with van der Waals surface area (Å²) in [7, 11) is 3.10. The summed E-state index contributed by atoms with van der Waals surface area (Å²) in [4.78, 5) is 29.4. The second kappa shape index (κ2) is 9.55. The van der Waals surface area contributed by atoms with Crippen molar-refractivity contribution < 1.29 is 19.1 Å². The number of amides is 2. The molecule has 0 unspecified atom stereocenters. The summed E-state index contributed by atoms with van der Waals surface area (Å²) in [6, 6.07) is 14.6. The Balaban J connectivity index is 1.35. The number of rotatable bonds is 6. The lowest BCUT2D eigenvalue weighted by molar-refractivity contribution is 0.0535. The highest BCUT2D eigenvalue weighted by Gasteiger charge is 2.26. The Labute approximate surface area is 187 Å². The number of hydrogen-bond acceptors (Lipinski definition) is 5. The Morgan fingerprint density at radius 1 is 0.844 bits per heavy atom. The SMILES string of the molecule is COc1ccc(C(=O)N2CCN(C(=O)c3ccc(Cn4cccn4)cc3)CC2)cc1OC. The molecule has 0 bridgehead atoms. The molecule has 0 saturated carbocycles. The van der Waals surface area contributed by atoms with Crippen LogP contribution in [0.2, 0.25) is 0 Å². The maximum atomic E-state index is 12.9. The average Bonchev–Trinajstić information content (AvgIpc) is 3.36. The first-order valence-corrected chi connectivity index (χ1v) is 10.5. The Hall–Kier alpha value is -3.81. The maximum Gasteiger partial charge on any atom is 0.254 e. The van der Waals surface area contributed by atoms with Gasteiger partial charge in [-0.15, -0.1) is 0 Å². The summed E-state index contributed by atoms with van der Waals surface area (Å²) >= 11 is 0. The van der Waals surface area contributed by atoms with Gasteiger partial charge < -0.3 is 19.3 Å². The third-order valence-corrected chi connectivity index (χ3v) is 5.59. The minimum atomic E-state index is -0.0824. The first kappa shape index (κ1) is 21.4. The Kier molecular flexibility index (Phi) is 6.39. The lowest BCUT2D eigenvalue weighted by Crippen LogP contribution is -2.50. The standard InChI is InChI=1S/C24H26N4O4/c1-31-21-9-8-20(16-22(21)32-2)24(30)27-14-12-26(13-15-27)23(29)19-6-4-18(5-7-19)17-28-11-3-10-25-28/h3-11,16H,12-15,17H2,1-2H3. The molecule has 2 amide bonds. The van der Waals surface area contributed by atoms with Crippen LogP contribution in [-0.4, -0.2) is 71.8 Å². The highest BCUT2D eigenvalue weighted by atomic mass is 16.5. The number of carbonyl (C=O) groups excluding carboxylic acids is 2. The first-order valence-electron chi connectivity index (χ1n) is 10.5. The maximum absolute atomic E-state index is 12.9. The summed E-state index contributed by atoms with van der Waals surface area (Å²) in [6.07, 6.45) is 3.65. The number of nitrogens with zero attached hydrogens (tertiary/aromatic N) is 4. The Morgan fingerprint density at radius 2 is 1.44 bits per heavy atom. The predicted molar refractivity (Wildman–Crippen MR) is 119 cm³/mol. The van der Waals surface area contributed by atoms with E-state index >= 15 is 0 Å². The van der Waals surface area contributed by atoms with Crippen LogP contribution in [0, 0.1) is 0 Å². The molecule has 166 valence electrons. The smallest absolute Gasteiger partial charge is 0.254 e. The van der Waals surface area contributed by atoms with Gasteiger partial charge in [-0.2, -0.15) is 5.10 Å². The van der Waals surface area contributed by atoms with Crippen molar-refractivity contribution in [2.24, 2.45) is 0 Å². The Bertz CT molecular complexity index is 1070. The van der Waals surface area contributed by atoms with Crippen LogP contribution in [0.4, 0.5) is 0 Å². The van der Waals surface area contributed by atoms with Gasteiger partial charge in [0.15, 0.2) is 11.5 Å². The van der Waals surface area contributed by atoms with E-state index in [0.717, 1.165) is 5.56 Å². The van der Waals surface area contributed by atoms with Crippen molar-refractivity contribution in [1.82, 2.24) is 19.6 Å². The summed E-state index contributed by atoms with van der Waals surface area (Å²) in [5.74, 6) is 0.994. The number of aromatic nitrogens is 2. The molecule has 32 heavy (non-hydrogen) atoms. The molecule has 1 fully saturated rings. The van der Waals surface area contributed by atoms with Gasteiger partial charge in [0.2, 0.25) is 0 Å². The molecule has 1 saturated heterocycles. The molecule has 0 atom stereocenters. The van der Waals surface area contributed by atoms with Crippen LogP contribution >= 0.6 is 0 Å². The van der Waals surface area contributed by atoms with E-state index in [1.165, 1.54) is 0 Å². The van der Waals surface area contributed by atoms with Crippen molar-refractivity contribution in [3.8, 4) is 11.5 Å². The fourth-order valence-corrected chi connectivity index (χ4v) is 3.78. The van der Waals surface area contributed by atoms with E-state index in [0.29, 0.717) is 55.3 Å². The molecule has 4 rings (SSSR count). The fourth-order valence-electron chi connectivity index (χ4n) is 3.78. The summed E-state index contributed by atoms with van der Waals surface area (Å²) in [6.45, 7) is 2.62. The van der Waals surface area contributed by atoms with Crippen LogP contribution in [0.1, 0.15) is 26.3 Å². The van der Waals surface area contributed by atoms with Crippen LogP contribution in [0.5, 0.6) is 11.5 Å². The third-order valence-electron chi connectivity index (χ3n) is 5.59. The van der Waals surface area contributed by atoms with Crippen molar-refractivity contribution in [2.75, 3.05) is 40.4 Å². The van der Waals surface area contributed by atoms with Gasteiger partial charge in [0, 0.05) is 49.7 Å². The van der Waals surface area contributed by atoms with Crippen LogP contribution in [0.15, 0.2) is 60.9 Å². The molecule has 1 aliphatic heterocycles. The molecule has 3 aromatic rings. The largest absolute Gasteiger partial charge is 0.493 e. The fraction of sp³-hybridized carbons (Fsp3) is 0.292. The van der Waals surface area contributed by atoms with Gasteiger partial charge in [0.1, 0.15) is 0 Å². The van der Waals surface area contributed by atoms with Gasteiger partial charge in [-0.3, -0.25) is 14.3 Å². The van der Waals surface area contributed by atoms with Gasteiger partial charge >= 0.3 is 0 Å². The van der Waals surface area contributed by atoms with E-state index < -0.39 is 0 Å². The highest BCUT2D eigenvalue weighted by Crippen LogP contribution is 2.28.